The molecule has 1 saturated heterocycles. The molecule has 9 nitrogen and oxygen atoms in total. The number of benzene rings is 1. The molecule has 2 fully saturated rings. The van der Waals surface area contributed by atoms with Gasteiger partial charge >= 0.3 is 12.0 Å². The Bertz CT molecular complexity index is 1170. The zero-order valence-corrected chi connectivity index (χ0v) is 18.9. The molecule has 4 amide bonds. The monoisotopic (exact) mass is 452 g/mol. The van der Waals surface area contributed by atoms with Crippen molar-refractivity contribution in [3.63, 3.8) is 0 Å². The zero-order chi connectivity index (χ0) is 23.3. The van der Waals surface area contributed by atoms with Gasteiger partial charge in [-0.15, -0.1) is 0 Å². The molecule has 9 heteroatoms. The van der Waals surface area contributed by atoms with Gasteiger partial charge in [-0.2, -0.15) is 0 Å². The molecule has 1 spiro atoms. The average molecular weight is 453 g/mol. The molecule has 33 heavy (non-hydrogen) atoms. The third kappa shape index (κ3) is 3.37. The smallest absolute Gasteiger partial charge is 0.337 e. The average Bonchev–Trinajstić information content (AvgIpc) is 3.30. The summed E-state index contributed by atoms with van der Waals surface area (Å²) in [6.45, 7) is 2.58. The molecule has 2 unspecified atom stereocenters. The number of rotatable bonds is 3. The van der Waals surface area contributed by atoms with Crippen LogP contribution in [-0.2, 0) is 27.3 Å². The normalized spacial score (nSPS) is 24.8. The van der Waals surface area contributed by atoms with Crippen LogP contribution < -0.4 is 5.32 Å². The van der Waals surface area contributed by atoms with Crippen LogP contribution in [0.3, 0.4) is 0 Å². The number of nitrogens with one attached hydrogen (secondary N) is 2. The highest BCUT2D eigenvalue weighted by Crippen LogP contribution is 2.38. The van der Waals surface area contributed by atoms with Crippen LogP contribution in [0.25, 0.3) is 10.9 Å². The van der Waals surface area contributed by atoms with Crippen LogP contribution >= 0.6 is 0 Å². The first-order valence-electron chi connectivity index (χ1n) is 11.5. The van der Waals surface area contributed by atoms with E-state index in [1.165, 1.54) is 7.11 Å². The van der Waals surface area contributed by atoms with Crippen molar-refractivity contribution in [3.05, 3.63) is 35.0 Å². The first kappa shape index (κ1) is 21.5. The van der Waals surface area contributed by atoms with Gasteiger partial charge in [0.25, 0.3) is 5.91 Å². The van der Waals surface area contributed by atoms with E-state index in [-0.39, 0.29) is 24.3 Å². The molecular formula is C24H28N4O5. The summed E-state index contributed by atoms with van der Waals surface area (Å²) in [5, 5.41) is 3.77. The first-order valence-corrected chi connectivity index (χ1v) is 11.5. The number of ether oxygens (including phenoxy) is 1. The zero-order valence-electron chi connectivity index (χ0n) is 18.9. The molecular weight excluding hydrogens is 424 g/mol. The molecule has 1 saturated carbocycles. The molecule has 3 heterocycles. The summed E-state index contributed by atoms with van der Waals surface area (Å²) in [5.41, 5.74) is 2.45. The molecule has 0 radical (unpaired) electrons. The number of urea groups is 1. The molecule has 3 aliphatic rings. The van der Waals surface area contributed by atoms with Crippen LogP contribution in [0.2, 0.25) is 0 Å². The number of carbonyl (C=O) groups is 4. The highest BCUT2D eigenvalue weighted by molar-refractivity contribution is 6.09. The molecule has 1 aromatic heterocycles. The van der Waals surface area contributed by atoms with Gasteiger partial charge in [0.2, 0.25) is 5.91 Å². The molecule has 1 aliphatic carbocycles. The summed E-state index contributed by atoms with van der Waals surface area (Å²) in [5.74, 6) is -0.903. The summed E-state index contributed by atoms with van der Waals surface area (Å²) < 4.78 is 4.83. The fourth-order valence-corrected chi connectivity index (χ4v) is 5.55. The van der Waals surface area contributed by atoms with Gasteiger partial charge in [-0.3, -0.25) is 14.5 Å². The van der Waals surface area contributed by atoms with E-state index >= 15 is 0 Å². The highest BCUT2D eigenvalue weighted by atomic mass is 16.5. The van der Waals surface area contributed by atoms with Crippen molar-refractivity contribution in [1.29, 1.82) is 0 Å². The predicted octanol–water partition coefficient (Wildman–Crippen LogP) is 2.34. The van der Waals surface area contributed by atoms with Crippen molar-refractivity contribution < 1.29 is 23.9 Å². The van der Waals surface area contributed by atoms with Crippen LogP contribution in [0, 0.1) is 5.92 Å². The summed E-state index contributed by atoms with van der Waals surface area (Å²) in [4.78, 5) is 57.1. The van der Waals surface area contributed by atoms with Crippen molar-refractivity contribution in [2.45, 2.75) is 51.1 Å². The third-order valence-corrected chi connectivity index (χ3v) is 7.54. The maximum atomic E-state index is 13.2. The van der Waals surface area contributed by atoms with Gasteiger partial charge in [0.05, 0.1) is 12.7 Å². The van der Waals surface area contributed by atoms with E-state index in [0.717, 1.165) is 46.3 Å². The van der Waals surface area contributed by atoms with Crippen LogP contribution in [0.5, 0.6) is 0 Å². The number of fused-ring (bicyclic) bond motifs is 3. The van der Waals surface area contributed by atoms with Gasteiger partial charge in [0.15, 0.2) is 0 Å². The molecule has 5 rings (SSSR count). The second-order valence-corrected chi connectivity index (χ2v) is 9.34. The highest BCUT2D eigenvalue weighted by Gasteiger charge is 2.55. The number of aromatic amines is 1. The minimum absolute atomic E-state index is 0.0515. The SMILES string of the molecule is COC(=O)c1ccc2[nH]c3c(c2c1)CN(C(=O)CN1C(=O)NC2(CCCCC2C)C1=O)CC3. The number of nitrogens with zero attached hydrogens (tertiary/aromatic N) is 2. The van der Waals surface area contributed by atoms with E-state index in [0.29, 0.717) is 31.5 Å². The molecule has 2 N–H and O–H groups in total. The minimum Gasteiger partial charge on any atom is -0.465 e. The lowest BCUT2D eigenvalue weighted by molar-refractivity contribution is -0.141. The number of hydrogen-bond acceptors (Lipinski definition) is 5. The number of H-pyrrole nitrogens is 1. The van der Waals surface area contributed by atoms with Gasteiger partial charge in [-0.1, -0.05) is 19.8 Å². The molecule has 174 valence electrons. The fourth-order valence-electron chi connectivity index (χ4n) is 5.55. The minimum atomic E-state index is -0.869. The van der Waals surface area contributed by atoms with Crippen LogP contribution in [0.1, 0.15) is 54.2 Å². The Balaban J connectivity index is 1.35. The molecule has 2 aliphatic heterocycles. The van der Waals surface area contributed by atoms with Crippen LogP contribution in [0.15, 0.2) is 18.2 Å². The summed E-state index contributed by atoms with van der Waals surface area (Å²) >= 11 is 0. The van der Waals surface area contributed by atoms with E-state index in [9.17, 15) is 19.2 Å². The number of methoxy groups -OCH3 is 1. The predicted molar refractivity (Wildman–Crippen MR) is 119 cm³/mol. The Kier molecular flexibility index (Phi) is 5.14. The van der Waals surface area contributed by atoms with Gasteiger partial charge in [0.1, 0.15) is 12.1 Å². The molecule has 2 atom stereocenters. The largest absolute Gasteiger partial charge is 0.465 e. The van der Waals surface area contributed by atoms with E-state index in [1.54, 1.807) is 17.0 Å². The van der Waals surface area contributed by atoms with Crippen molar-refractivity contribution in [2.24, 2.45) is 5.92 Å². The number of amides is 4. The molecule has 2 aromatic rings. The van der Waals surface area contributed by atoms with Gasteiger partial charge < -0.3 is 19.9 Å². The first-order chi connectivity index (χ1) is 15.8. The van der Waals surface area contributed by atoms with Crippen molar-refractivity contribution in [2.75, 3.05) is 20.2 Å². The van der Waals surface area contributed by atoms with Crippen molar-refractivity contribution in [3.8, 4) is 0 Å². The standard InChI is InChI=1S/C24H28N4O5/c1-14-5-3-4-9-24(14)22(31)28(23(32)26-24)13-20(29)27-10-8-19-17(12-27)16-11-15(21(30)33-2)6-7-18(16)25-19/h6-7,11,14,25H,3-5,8-10,12-13H2,1-2H3,(H,26,32). The lowest BCUT2D eigenvalue weighted by atomic mass is 9.73. The van der Waals surface area contributed by atoms with Crippen LogP contribution in [0.4, 0.5) is 4.79 Å². The topological polar surface area (TPSA) is 112 Å². The van der Waals surface area contributed by atoms with Gasteiger partial charge in [0, 0.05) is 41.7 Å². The Labute approximate surface area is 191 Å². The molecule has 0 bridgehead atoms. The fraction of sp³-hybridized carbons (Fsp3) is 0.500. The lowest BCUT2D eigenvalue weighted by Gasteiger charge is -2.37. The summed E-state index contributed by atoms with van der Waals surface area (Å²) in [6.07, 6.45) is 4.07. The third-order valence-electron chi connectivity index (χ3n) is 7.54. The van der Waals surface area contributed by atoms with Gasteiger partial charge in [-0.25, -0.2) is 9.59 Å². The maximum Gasteiger partial charge on any atom is 0.337 e. The summed E-state index contributed by atoms with van der Waals surface area (Å²) in [6, 6.07) is 4.84. The maximum absolute atomic E-state index is 13.2. The quantitative estimate of drug-likeness (QED) is 0.548. The Hall–Kier alpha value is -3.36. The Morgan fingerprint density at radius 1 is 1.24 bits per heavy atom. The second-order valence-electron chi connectivity index (χ2n) is 9.34. The number of hydrogen-bond donors (Lipinski definition) is 2. The Morgan fingerprint density at radius 2 is 2.06 bits per heavy atom. The molecule has 1 aromatic carbocycles. The van der Waals surface area contributed by atoms with Crippen molar-refractivity contribution in [1.82, 2.24) is 20.1 Å². The van der Waals surface area contributed by atoms with Crippen LogP contribution in [-0.4, -0.2) is 64.3 Å². The number of carbonyl (C=O) groups excluding carboxylic acids is 4. The number of imide groups is 1. The number of aromatic nitrogens is 1. The van der Waals surface area contributed by atoms with E-state index in [4.69, 9.17) is 4.74 Å². The van der Waals surface area contributed by atoms with E-state index < -0.39 is 17.5 Å². The number of esters is 1. The lowest BCUT2D eigenvalue weighted by Crippen LogP contribution is -2.54. The van der Waals surface area contributed by atoms with E-state index in [2.05, 4.69) is 10.3 Å². The van der Waals surface area contributed by atoms with E-state index in [1.807, 2.05) is 13.0 Å². The summed E-state index contributed by atoms with van der Waals surface area (Å²) in [7, 11) is 1.34. The van der Waals surface area contributed by atoms with Gasteiger partial charge in [-0.05, 0) is 37.0 Å². The second kappa shape index (κ2) is 7.90. The Morgan fingerprint density at radius 3 is 2.82 bits per heavy atom. The van der Waals surface area contributed by atoms with Crippen molar-refractivity contribution >= 4 is 34.7 Å².